The van der Waals surface area contributed by atoms with Crippen LogP contribution in [0.25, 0.3) is 0 Å². The van der Waals surface area contributed by atoms with Crippen LogP contribution in [-0.4, -0.2) is 31.6 Å². The van der Waals surface area contributed by atoms with Crippen molar-refractivity contribution in [2.24, 2.45) is 0 Å². The van der Waals surface area contributed by atoms with Gasteiger partial charge in [-0.3, -0.25) is 9.59 Å². The summed E-state index contributed by atoms with van der Waals surface area (Å²) in [6.45, 7) is -0.672. The van der Waals surface area contributed by atoms with Crippen molar-refractivity contribution in [3.05, 3.63) is 0 Å². The Morgan fingerprint density at radius 2 is 1.83 bits per heavy atom. The molecule has 0 rings (SSSR count). The first kappa shape index (κ1) is 10.7. The lowest BCUT2D eigenvalue weighted by Gasteiger charge is -2.06. The second-order valence-electron chi connectivity index (χ2n) is 1.85. The monoisotopic (exact) mass is 184 g/mol. The molecule has 0 fully saturated rings. The van der Waals surface area contributed by atoms with Crippen LogP contribution >= 0.6 is 0 Å². The highest BCUT2D eigenvalue weighted by Gasteiger charge is 2.38. The maximum atomic E-state index is 11.5. The second kappa shape index (κ2) is 3.93. The summed E-state index contributed by atoms with van der Waals surface area (Å²) in [5.74, 6) is -2.81. The van der Waals surface area contributed by atoms with E-state index in [0.29, 0.717) is 0 Å². The van der Waals surface area contributed by atoms with Crippen molar-refractivity contribution in [3.8, 4) is 0 Å². The van der Waals surface area contributed by atoms with Gasteiger partial charge in [-0.05, 0) is 0 Å². The maximum Gasteiger partial charge on any atom is 0.471 e. The normalized spacial score (nSPS) is 10.7. The van der Waals surface area contributed by atoms with Gasteiger partial charge in [-0.25, -0.2) is 0 Å². The Balaban J connectivity index is 3.81. The molecule has 0 saturated heterocycles. The highest BCUT2D eigenvalue weighted by Crippen LogP contribution is 2.13. The largest absolute Gasteiger partial charge is 0.471 e. The van der Waals surface area contributed by atoms with E-state index in [4.69, 9.17) is 0 Å². The number of amides is 2. The number of carbonyl (C=O) groups excluding carboxylic acids is 2. The van der Waals surface area contributed by atoms with Crippen LogP contribution < -0.4 is 10.6 Å². The molecule has 0 aromatic carbocycles. The number of halogens is 3. The SMILES string of the molecule is CNC(=O)CNC(=O)C(F)(F)F. The Morgan fingerprint density at radius 1 is 1.33 bits per heavy atom. The van der Waals surface area contributed by atoms with Crippen LogP contribution in [0.1, 0.15) is 0 Å². The van der Waals surface area contributed by atoms with Crippen molar-refractivity contribution in [2.75, 3.05) is 13.6 Å². The van der Waals surface area contributed by atoms with Gasteiger partial charge in [0.2, 0.25) is 5.91 Å². The smallest absolute Gasteiger partial charge is 0.358 e. The fraction of sp³-hybridized carbons (Fsp3) is 0.600. The van der Waals surface area contributed by atoms with E-state index < -0.39 is 24.5 Å². The molecule has 0 aliphatic heterocycles. The van der Waals surface area contributed by atoms with E-state index in [9.17, 15) is 22.8 Å². The van der Waals surface area contributed by atoms with Crippen molar-refractivity contribution < 1.29 is 22.8 Å². The first-order valence-corrected chi connectivity index (χ1v) is 2.93. The lowest BCUT2D eigenvalue weighted by atomic mass is 10.5. The van der Waals surface area contributed by atoms with E-state index in [1.807, 2.05) is 0 Å². The van der Waals surface area contributed by atoms with Crippen LogP contribution in [0.15, 0.2) is 0 Å². The zero-order valence-electron chi connectivity index (χ0n) is 6.16. The molecule has 0 radical (unpaired) electrons. The molecule has 0 saturated carbocycles. The summed E-state index contributed by atoms with van der Waals surface area (Å²) < 4.78 is 34.4. The molecule has 0 heterocycles. The van der Waals surface area contributed by atoms with Crippen LogP contribution in [0.3, 0.4) is 0 Å². The Labute approximate surface area is 66.1 Å². The maximum absolute atomic E-state index is 11.5. The Morgan fingerprint density at radius 3 is 2.17 bits per heavy atom. The number of hydrogen-bond acceptors (Lipinski definition) is 2. The van der Waals surface area contributed by atoms with Crippen LogP contribution in [0.2, 0.25) is 0 Å². The van der Waals surface area contributed by atoms with Crippen molar-refractivity contribution in [1.82, 2.24) is 10.6 Å². The molecule has 2 amide bonds. The Kier molecular flexibility index (Phi) is 3.52. The summed E-state index contributed by atoms with van der Waals surface area (Å²) in [4.78, 5) is 20.4. The number of alkyl halides is 3. The van der Waals surface area contributed by atoms with Gasteiger partial charge >= 0.3 is 12.1 Å². The van der Waals surface area contributed by atoms with E-state index in [0.717, 1.165) is 0 Å². The minimum atomic E-state index is -4.94. The summed E-state index contributed by atoms with van der Waals surface area (Å²) in [6, 6.07) is 0. The molecule has 2 N–H and O–H groups in total. The topological polar surface area (TPSA) is 58.2 Å². The molecule has 0 aromatic heterocycles. The number of likely N-dealkylation sites (N-methyl/N-ethyl adjacent to an activating group) is 1. The van der Waals surface area contributed by atoms with Crippen LogP contribution in [0.4, 0.5) is 13.2 Å². The predicted octanol–water partition coefficient (Wildman–Crippen LogP) is -0.589. The van der Waals surface area contributed by atoms with Crippen molar-refractivity contribution in [2.45, 2.75) is 6.18 Å². The molecule has 7 heteroatoms. The lowest BCUT2D eigenvalue weighted by molar-refractivity contribution is -0.173. The van der Waals surface area contributed by atoms with Gasteiger partial charge in [-0.1, -0.05) is 0 Å². The third-order valence-corrected chi connectivity index (χ3v) is 0.946. The summed E-state index contributed by atoms with van der Waals surface area (Å²) in [5, 5.41) is 3.45. The molecule has 4 nitrogen and oxygen atoms in total. The fourth-order valence-corrected chi connectivity index (χ4v) is 0.349. The van der Waals surface area contributed by atoms with Gasteiger partial charge < -0.3 is 10.6 Å². The fourth-order valence-electron chi connectivity index (χ4n) is 0.349. The van der Waals surface area contributed by atoms with Gasteiger partial charge in [0.05, 0.1) is 6.54 Å². The average Bonchev–Trinajstić information content (AvgIpc) is 1.97. The van der Waals surface area contributed by atoms with E-state index in [1.54, 1.807) is 0 Å². The summed E-state index contributed by atoms with van der Waals surface area (Å²) in [5.41, 5.74) is 0. The van der Waals surface area contributed by atoms with Crippen molar-refractivity contribution >= 4 is 11.8 Å². The number of hydrogen-bond donors (Lipinski definition) is 2. The Hall–Kier alpha value is -1.27. The molecular weight excluding hydrogens is 177 g/mol. The van der Waals surface area contributed by atoms with Gasteiger partial charge in [0.25, 0.3) is 0 Å². The zero-order valence-corrected chi connectivity index (χ0v) is 6.16. The van der Waals surface area contributed by atoms with E-state index in [1.165, 1.54) is 12.4 Å². The summed E-state index contributed by atoms with van der Waals surface area (Å²) in [6.07, 6.45) is -4.94. The quantitative estimate of drug-likeness (QED) is 0.602. The standard InChI is InChI=1S/C5H7F3N2O2/c1-9-3(11)2-10-4(12)5(6,7)8/h2H2,1H3,(H,9,11)(H,10,12). The van der Waals surface area contributed by atoms with Crippen molar-refractivity contribution in [1.29, 1.82) is 0 Å². The molecule has 0 atom stereocenters. The van der Waals surface area contributed by atoms with E-state index in [-0.39, 0.29) is 0 Å². The third-order valence-electron chi connectivity index (χ3n) is 0.946. The predicted molar refractivity (Wildman–Crippen MR) is 33.1 cm³/mol. The minimum Gasteiger partial charge on any atom is -0.358 e. The van der Waals surface area contributed by atoms with Gasteiger partial charge in [0.1, 0.15) is 0 Å². The van der Waals surface area contributed by atoms with Crippen LogP contribution in [0, 0.1) is 0 Å². The molecule has 0 aliphatic rings. The minimum absolute atomic E-state index is 0.672. The molecule has 0 spiro atoms. The third kappa shape index (κ3) is 3.79. The molecule has 0 aliphatic carbocycles. The molecular formula is C5H7F3N2O2. The lowest BCUT2D eigenvalue weighted by Crippen LogP contribution is -2.42. The van der Waals surface area contributed by atoms with Crippen LogP contribution in [0.5, 0.6) is 0 Å². The molecule has 70 valence electrons. The van der Waals surface area contributed by atoms with E-state index >= 15 is 0 Å². The highest BCUT2D eigenvalue weighted by molar-refractivity contribution is 5.87. The molecule has 0 aromatic rings. The first-order chi connectivity index (χ1) is 5.38. The second-order valence-corrected chi connectivity index (χ2v) is 1.85. The van der Waals surface area contributed by atoms with Crippen molar-refractivity contribution in [3.63, 3.8) is 0 Å². The van der Waals surface area contributed by atoms with Gasteiger partial charge in [0.15, 0.2) is 0 Å². The van der Waals surface area contributed by atoms with Crippen LogP contribution in [-0.2, 0) is 9.59 Å². The average molecular weight is 184 g/mol. The molecule has 12 heavy (non-hydrogen) atoms. The van der Waals surface area contributed by atoms with Gasteiger partial charge in [-0.15, -0.1) is 0 Å². The zero-order chi connectivity index (χ0) is 9.78. The molecule has 0 unspecified atom stereocenters. The first-order valence-electron chi connectivity index (χ1n) is 2.93. The Bertz CT molecular complexity index is 190. The molecule has 0 bridgehead atoms. The number of rotatable bonds is 2. The summed E-state index contributed by atoms with van der Waals surface area (Å²) in [7, 11) is 1.25. The number of carbonyl (C=O) groups is 2. The van der Waals surface area contributed by atoms with Gasteiger partial charge in [-0.2, -0.15) is 13.2 Å². The number of nitrogens with one attached hydrogen (secondary N) is 2. The summed E-state index contributed by atoms with van der Waals surface area (Å²) >= 11 is 0. The highest BCUT2D eigenvalue weighted by atomic mass is 19.4. The van der Waals surface area contributed by atoms with E-state index in [2.05, 4.69) is 5.32 Å². The van der Waals surface area contributed by atoms with Gasteiger partial charge in [0, 0.05) is 7.05 Å².